The molecule has 0 saturated heterocycles. The largest absolute Gasteiger partial charge is 0.493 e. The maximum absolute atomic E-state index is 5.98. The van der Waals surface area contributed by atoms with Gasteiger partial charge >= 0.3 is 0 Å². The first kappa shape index (κ1) is 18.8. The molecular weight excluding hydrogens is 398 g/mol. The predicted molar refractivity (Wildman–Crippen MR) is 110 cm³/mol. The van der Waals surface area contributed by atoms with Gasteiger partial charge in [0, 0.05) is 17.5 Å². The molecule has 0 fully saturated rings. The van der Waals surface area contributed by atoms with Gasteiger partial charge in [-0.1, -0.05) is 11.6 Å². The number of aromatic nitrogens is 3. The molecule has 4 rings (SSSR count). The standard InChI is InChI=1S/C20H20ClN3O3S/c1-13-11-14(21)4-6-16(13)25-8-2-3-19-22-23-20(28)24(19)15-5-7-17-18(12-15)27-10-9-26-17/h4-7,11-12H,2-3,8-10H2,1H3,(H,23,28). The number of halogens is 1. The van der Waals surface area contributed by atoms with Crippen LogP contribution in [0.25, 0.3) is 5.69 Å². The number of nitrogens with zero attached hydrogens (tertiary/aromatic N) is 2. The topological polar surface area (TPSA) is 61.3 Å². The second-order valence-electron chi connectivity index (χ2n) is 6.47. The minimum absolute atomic E-state index is 0.543. The summed E-state index contributed by atoms with van der Waals surface area (Å²) in [5, 5.41) is 7.96. The highest BCUT2D eigenvalue weighted by Crippen LogP contribution is 2.32. The normalized spacial score (nSPS) is 12.8. The average molecular weight is 418 g/mol. The fourth-order valence-corrected chi connectivity index (χ4v) is 3.60. The summed E-state index contributed by atoms with van der Waals surface area (Å²) in [4.78, 5) is 0. The van der Waals surface area contributed by atoms with Gasteiger partial charge in [-0.15, -0.1) is 0 Å². The zero-order chi connectivity index (χ0) is 19.5. The van der Waals surface area contributed by atoms with Gasteiger partial charge in [0.15, 0.2) is 16.3 Å². The van der Waals surface area contributed by atoms with E-state index in [4.69, 9.17) is 38.0 Å². The predicted octanol–water partition coefficient (Wildman–Crippen LogP) is 4.67. The first-order chi connectivity index (χ1) is 13.6. The van der Waals surface area contributed by atoms with Crippen LogP contribution in [0.3, 0.4) is 0 Å². The molecule has 2 heterocycles. The van der Waals surface area contributed by atoms with Crippen LogP contribution in [0.15, 0.2) is 36.4 Å². The number of benzene rings is 2. The molecule has 1 aliphatic rings. The smallest absolute Gasteiger partial charge is 0.199 e. The van der Waals surface area contributed by atoms with Gasteiger partial charge in [0.1, 0.15) is 24.8 Å². The molecule has 0 amide bonds. The van der Waals surface area contributed by atoms with Crippen molar-refractivity contribution in [1.82, 2.24) is 14.8 Å². The molecule has 6 nitrogen and oxygen atoms in total. The molecular formula is C20H20ClN3O3S. The molecule has 3 aromatic rings. The van der Waals surface area contributed by atoms with Gasteiger partial charge in [-0.2, -0.15) is 5.10 Å². The fourth-order valence-electron chi connectivity index (χ4n) is 3.12. The number of aryl methyl sites for hydroxylation is 2. The lowest BCUT2D eigenvalue weighted by molar-refractivity contribution is 0.171. The van der Waals surface area contributed by atoms with Crippen LogP contribution in [0, 0.1) is 11.7 Å². The minimum atomic E-state index is 0.543. The summed E-state index contributed by atoms with van der Waals surface area (Å²) in [5.41, 5.74) is 1.92. The summed E-state index contributed by atoms with van der Waals surface area (Å²) < 4.78 is 19.6. The van der Waals surface area contributed by atoms with E-state index in [0.717, 1.165) is 40.7 Å². The van der Waals surface area contributed by atoms with E-state index in [0.29, 0.717) is 36.0 Å². The Morgan fingerprint density at radius 2 is 2.00 bits per heavy atom. The number of rotatable bonds is 6. The highest BCUT2D eigenvalue weighted by Gasteiger charge is 2.15. The van der Waals surface area contributed by atoms with E-state index < -0.39 is 0 Å². The number of ether oxygens (including phenoxy) is 3. The van der Waals surface area contributed by atoms with E-state index in [2.05, 4.69) is 10.2 Å². The second-order valence-corrected chi connectivity index (χ2v) is 7.29. The molecule has 146 valence electrons. The van der Waals surface area contributed by atoms with Gasteiger partial charge in [0.05, 0.1) is 12.3 Å². The zero-order valence-electron chi connectivity index (χ0n) is 15.4. The van der Waals surface area contributed by atoms with E-state index in [9.17, 15) is 0 Å². The van der Waals surface area contributed by atoms with Crippen molar-refractivity contribution in [3.8, 4) is 22.9 Å². The Bertz CT molecular complexity index is 1050. The number of aromatic amines is 1. The van der Waals surface area contributed by atoms with Gasteiger partial charge in [-0.3, -0.25) is 9.67 Å². The lowest BCUT2D eigenvalue weighted by atomic mass is 10.2. The Morgan fingerprint density at radius 1 is 1.18 bits per heavy atom. The van der Waals surface area contributed by atoms with Crippen LogP contribution >= 0.6 is 23.8 Å². The van der Waals surface area contributed by atoms with Crippen molar-refractivity contribution in [2.45, 2.75) is 19.8 Å². The minimum Gasteiger partial charge on any atom is -0.493 e. The number of hydrogen-bond acceptors (Lipinski definition) is 5. The highest BCUT2D eigenvalue weighted by atomic mass is 35.5. The summed E-state index contributed by atoms with van der Waals surface area (Å²) in [6.07, 6.45) is 1.51. The van der Waals surface area contributed by atoms with Crippen LogP contribution in [-0.4, -0.2) is 34.6 Å². The first-order valence-electron chi connectivity index (χ1n) is 9.07. The zero-order valence-corrected chi connectivity index (χ0v) is 17.0. The van der Waals surface area contributed by atoms with Crippen LogP contribution in [0.5, 0.6) is 17.2 Å². The summed E-state index contributed by atoms with van der Waals surface area (Å²) in [6.45, 7) is 3.66. The molecule has 1 aliphatic heterocycles. The number of fused-ring (bicyclic) bond motifs is 1. The quantitative estimate of drug-likeness (QED) is 0.466. The van der Waals surface area contributed by atoms with Crippen LogP contribution in [0.4, 0.5) is 0 Å². The number of hydrogen-bond donors (Lipinski definition) is 1. The molecule has 0 bridgehead atoms. The Kier molecular flexibility index (Phi) is 5.54. The third-order valence-corrected chi connectivity index (χ3v) is 4.97. The molecule has 1 N–H and O–H groups in total. The molecule has 28 heavy (non-hydrogen) atoms. The Morgan fingerprint density at radius 3 is 2.82 bits per heavy atom. The lowest BCUT2D eigenvalue weighted by Crippen LogP contribution is -2.15. The summed E-state index contributed by atoms with van der Waals surface area (Å²) in [6, 6.07) is 11.4. The van der Waals surface area contributed by atoms with Crippen LogP contribution in [-0.2, 0) is 6.42 Å². The van der Waals surface area contributed by atoms with Crippen molar-refractivity contribution in [1.29, 1.82) is 0 Å². The van der Waals surface area contributed by atoms with Crippen molar-refractivity contribution >= 4 is 23.8 Å². The number of H-pyrrole nitrogens is 1. The average Bonchev–Trinajstić information content (AvgIpc) is 3.06. The van der Waals surface area contributed by atoms with Gasteiger partial charge in [0.25, 0.3) is 0 Å². The molecule has 0 saturated carbocycles. The van der Waals surface area contributed by atoms with Crippen LogP contribution < -0.4 is 14.2 Å². The van der Waals surface area contributed by atoms with Gasteiger partial charge in [0.2, 0.25) is 0 Å². The summed E-state index contributed by atoms with van der Waals surface area (Å²) in [5.74, 6) is 3.16. The lowest BCUT2D eigenvalue weighted by Gasteiger charge is -2.19. The van der Waals surface area contributed by atoms with Gasteiger partial charge in [-0.05, 0) is 61.5 Å². The van der Waals surface area contributed by atoms with E-state index in [-0.39, 0.29) is 0 Å². The van der Waals surface area contributed by atoms with E-state index in [1.807, 2.05) is 47.9 Å². The Hall–Kier alpha value is -2.51. The van der Waals surface area contributed by atoms with E-state index in [1.165, 1.54) is 0 Å². The SMILES string of the molecule is Cc1cc(Cl)ccc1OCCCc1n[nH]c(=S)n1-c1ccc2c(c1)OCCO2. The second kappa shape index (κ2) is 8.24. The third kappa shape index (κ3) is 4.00. The van der Waals surface area contributed by atoms with Gasteiger partial charge in [-0.25, -0.2) is 0 Å². The van der Waals surface area contributed by atoms with Crippen LogP contribution in [0.2, 0.25) is 5.02 Å². The van der Waals surface area contributed by atoms with Crippen molar-refractivity contribution in [3.63, 3.8) is 0 Å². The maximum Gasteiger partial charge on any atom is 0.199 e. The maximum atomic E-state index is 5.98. The molecule has 0 unspecified atom stereocenters. The van der Waals surface area contributed by atoms with E-state index in [1.54, 1.807) is 0 Å². The van der Waals surface area contributed by atoms with Crippen LogP contribution in [0.1, 0.15) is 17.8 Å². The molecule has 0 spiro atoms. The first-order valence-corrected chi connectivity index (χ1v) is 9.86. The molecule has 1 aromatic heterocycles. The van der Waals surface area contributed by atoms with Crippen molar-refractivity contribution in [3.05, 3.63) is 57.6 Å². The summed E-state index contributed by atoms with van der Waals surface area (Å²) >= 11 is 11.4. The molecule has 8 heteroatoms. The van der Waals surface area contributed by atoms with Crippen molar-refractivity contribution in [2.75, 3.05) is 19.8 Å². The van der Waals surface area contributed by atoms with E-state index >= 15 is 0 Å². The Labute approximate surface area is 173 Å². The van der Waals surface area contributed by atoms with Crippen molar-refractivity contribution in [2.24, 2.45) is 0 Å². The monoisotopic (exact) mass is 417 g/mol. The number of nitrogens with one attached hydrogen (secondary N) is 1. The molecule has 0 radical (unpaired) electrons. The van der Waals surface area contributed by atoms with Gasteiger partial charge < -0.3 is 14.2 Å². The molecule has 0 aliphatic carbocycles. The Balaban J connectivity index is 1.44. The highest BCUT2D eigenvalue weighted by molar-refractivity contribution is 7.71. The molecule has 2 aromatic carbocycles. The molecule has 0 atom stereocenters. The third-order valence-electron chi connectivity index (χ3n) is 4.47. The van der Waals surface area contributed by atoms with Crippen molar-refractivity contribution < 1.29 is 14.2 Å². The fraction of sp³-hybridized carbons (Fsp3) is 0.300. The summed E-state index contributed by atoms with van der Waals surface area (Å²) in [7, 11) is 0.